The van der Waals surface area contributed by atoms with Crippen LogP contribution < -0.4 is 5.56 Å². The molecule has 1 saturated heterocycles. The van der Waals surface area contributed by atoms with Crippen LogP contribution >= 0.6 is 23.4 Å². The first-order chi connectivity index (χ1) is 11.0. The molecule has 8 heteroatoms. The minimum atomic E-state index is -0.625. The zero-order valence-electron chi connectivity index (χ0n) is 14.4. The molecule has 0 spiro atoms. The second kappa shape index (κ2) is 7.08. The largest absolute Gasteiger partial charge is 0.491 e. The van der Waals surface area contributed by atoms with Gasteiger partial charge in [-0.05, 0) is 39.2 Å². The maximum Gasteiger partial charge on any atom is 0.491 e. The van der Waals surface area contributed by atoms with E-state index in [0.29, 0.717) is 21.8 Å². The Morgan fingerprint density at radius 1 is 1.33 bits per heavy atom. The van der Waals surface area contributed by atoms with Crippen LogP contribution in [0.5, 0.6) is 0 Å². The van der Waals surface area contributed by atoms with Gasteiger partial charge in [0.15, 0.2) is 5.12 Å². The third-order valence-corrected chi connectivity index (χ3v) is 5.34. The minimum absolute atomic E-state index is 0.0163. The van der Waals surface area contributed by atoms with Gasteiger partial charge in [-0.1, -0.05) is 29.4 Å². The topological polar surface area (TPSA) is 68.4 Å². The second-order valence-electron chi connectivity index (χ2n) is 6.69. The number of pyridine rings is 1. The van der Waals surface area contributed by atoms with Gasteiger partial charge >= 0.3 is 7.12 Å². The molecule has 2 heterocycles. The smallest absolute Gasteiger partial charge is 0.400 e. The number of carbonyl (C=O) groups excluding carboxylic acids is 1. The number of aromatic nitrogens is 1. The van der Waals surface area contributed by atoms with Crippen molar-refractivity contribution in [2.75, 3.05) is 5.75 Å². The molecule has 0 unspecified atom stereocenters. The van der Waals surface area contributed by atoms with Crippen LogP contribution in [0.4, 0.5) is 0 Å². The molecular weight excluding hydrogens is 349 g/mol. The van der Waals surface area contributed by atoms with Crippen LogP contribution in [0.1, 0.15) is 40.2 Å². The second-order valence-corrected chi connectivity index (χ2v) is 8.28. The summed E-state index contributed by atoms with van der Waals surface area (Å²) in [6.07, 6.45) is 3.11. The molecule has 0 saturated carbocycles. The lowest BCUT2D eigenvalue weighted by atomic mass is 9.78. The van der Waals surface area contributed by atoms with E-state index >= 15 is 0 Å². The number of rotatable bonds is 4. The van der Waals surface area contributed by atoms with Gasteiger partial charge in [-0.15, -0.1) is 0 Å². The number of hydrogen-bond acceptors (Lipinski definition) is 5. The van der Waals surface area contributed by atoms with Crippen molar-refractivity contribution >= 4 is 41.7 Å². The minimum Gasteiger partial charge on any atom is -0.400 e. The summed E-state index contributed by atoms with van der Waals surface area (Å²) in [4.78, 5) is 25.9. The van der Waals surface area contributed by atoms with E-state index < -0.39 is 18.3 Å². The highest BCUT2D eigenvalue weighted by Gasteiger charge is 2.52. The number of carbonyl (C=O) groups is 1. The maximum atomic E-state index is 12.0. The summed E-state index contributed by atoms with van der Waals surface area (Å²) < 4.78 is 12.1. The first kappa shape index (κ1) is 19.3. The summed E-state index contributed by atoms with van der Waals surface area (Å²) in [5, 5.41) is 0.408. The highest BCUT2D eigenvalue weighted by Crippen LogP contribution is 2.39. The fourth-order valence-corrected chi connectivity index (χ4v) is 2.90. The molecule has 1 fully saturated rings. The lowest BCUT2D eigenvalue weighted by molar-refractivity contribution is -0.109. The molecule has 5 nitrogen and oxygen atoms in total. The van der Waals surface area contributed by atoms with Gasteiger partial charge in [0, 0.05) is 24.4 Å². The summed E-state index contributed by atoms with van der Waals surface area (Å²) in [6.45, 7) is 9.31. The summed E-state index contributed by atoms with van der Waals surface area (Å²) in [5.41, 5.74) is -0.157. The highest BCUT2D eigenvalue weighted by atomic mass is 35.5. The Hall–Kier alpha value is -1.02. The Morgan fingerprint density at radius 2 is 1.92 bits per heavy atom. The number of nitrogens with one attached hydrogen (secondary N) is 1. The molecule has 1 aliphatic heterocycles. The molecule has 130 valence electrons. The molecule has 0 bridgehead atoms. The zero-order chi connectivity index (χ0) is 18.1. The van der Waals surface area contributed by atoms with E-state index in [1.165, 1.54) is 13.1 Å². The highest BCUT2D eigenvalue weighted by molar-refractivity contribution is 8.13. The van der Waals surface area contributed by atoms with E-state index in [4.69, 9.17) is 20.9 Å². The third kappa shape index (κ3) is 4.33. The normalized spacial score (nSPS) is 19.6. The van der Waals surface area contributed by atoms with Crippen molar-refractivity contribution in [3.8, 4) is 0 Å². The van der Waals surface area contributed by atoms with Gasteiger partial charge < -0.3 is 14.3 Å². The molecule has 0 atom stereocenters. The standard InChI is InChI=1S/C16H21BClNO4S/c1-10(20)24-9-12(6-11-7-13(18)8-19-14(11)21)17-22-15(2,3)16(4,5)23-17/h6-8H,9H2,1-5H3,(H,19,21). The zero-order valence-corrected chi connectivity index (χ0v) is 16.0. The van der Waals surface area contributed by atoms with Gasteiger partial charge in [0.25, 0.3) is 5.56 Å². The molecule has 1 aromatic rings. The summed E-state index contributed by atoms with van der Waals surface area (Å²) >= 11 is 7.10. The Kier molecular flexibility index (Phi) is 5.70. The quantitative estimate of drug-likeness (QED) is 0.825. The van der Waals surface area contributed by atoms with Crippen LogP contribution in [-0.4, -0.2) is 34.2 Å². The van der Waals surface area contributed by atoms with Crippen molar-refractivity contribution < 1.29 is 14.1 Å². The van der Waals surface area contributed by atoms with Crippen molar-refractivity contribution in [3.63, 3.8) is 0 Å². The van der Waals surface area contributed by atoms with Gasteiger partial charge in [0.1, 0.15) is 0 Å². The third-order valence-electron chi connectivity index (χ3n) is 4.24. The number of halogens is 1. The molecule has 0 aliphatic carbocycles. The van der Waals surface area contributed by atoms with Gasteiger partial charge in [0.2, 0.25) is 0 Å². The molecular formula is C16H21BClNO4S. The molecule has 0 aromatic carbocycles. The number of H-pyrrole nitrogens is 1. The summed E-state index contributed by atoms with van der Waals surface area (Å²) in [5.74, 6) is 0.373. The molecule has 1 N–H and O–H groups in total. The van der Waals surface area contributed by atoms with Gasteiger partial charge in [0.05, 0.1) is 16.2 Å². The molecule has 0 radical (unpaired) electrons. The maximum absolute atomic E-state index is 12.0. The average molecular weight is 370 g/mol. The van der Waals surface area contributed by atoms with Crippen LogP contribution in [0.15, 0.2) is 22.5 Å². The number of thioether (sulfide) groups is 1. The SMILES string of the molecule is CC(=O)SCC(=Cc1cc(Cl)c[nH]c1=O)B1OC(C)(C)C(C)(C)O1. The molecule has 1 aliphatic rings. The molecule has 2 rings (SSSR count). The van der Waals surface area contributed by atoms with Crippen molar-refractivity contribution in [2.24, 2.45) is 0 Å². The van der Waals surface area contributed by atoms with Crippen LogP contribution in [0, 0.1) is 0 Å². The summed E-state index contributed by atoms with van der Waals surface area (Å²) in [7, 11) is -0.625. The van der Waals surface area contributed by atoms with Crippen LogP contribution in [0.25, 0.3) is 6.08 Å². The monoisotopic (exact) mass is 369 g/mol. The lowest BCUT2D eigenvalue weighted by Gasteiger charge is -2.32. The molecule has 1 aromatic heterocycles. The van der Waals surface area contributed by atoms with E-state index in [-0.39, 0.29) is 10.7 Å². The van der Waals surface area contributed by atoms with Crippen molar-refractivity contribution in [1.82, 2.24) is 4.98 Å². The fraction of sp³-hybridized carbons (Fsp3) is 0.500. The van der Waals surface area contributed by atoms with E-state index in [1.807, 2.05) is 27.7 Å². The molecule has 0 amide bonds. The predicted molar refractivity (Wildman–Crippen MR) is 99.3 cm³/mol. The van der Waals surface area contributed by atoms with Crippen molar-refractivity contribution in [1.29, 1.82) is 0 Å². The van der Waals surface area contributed by atoms with Crippen molar-refractivity contribution in [2.45, 2.75) is 45.8 Å². The Labute approximate surface area is 151 Å². The van der Waals surface area contributed by atoms with Gasteiger partial charge in [-0.2, -0.15) is 0 Å². The van der Waals surface area contributed by atoms with Crippen LogP contribution in [0.2, 0.25) is 5.02 Å². The van der Waals surface area contributed by atoms with Crippen LogP contribution in [-0.2, 0) is 14.1 Å². The molecule has 24 heavy (non-hydrogen) atoms. The first-order valence-corrected chi connectivity index (χ1v) is 8.96. The number of aromatic amines is 1. The Balaban J connectivity index is 2.39. The Bertz CT molecular complexity index is 713. The van der Waals surface area contributed by atoms with E-state index in [9.17, 15) is 9.59 Å². The summed E-state index contributed by atoms with van der Waals surface area (Å²) in [6, 6.07) is 1.57. The first-order valence-electron chi connectivity index (χ1n) is 7.59. The van der Waals surface area contributed by atoms with Gasteiger partial charge in [-0.3, -0.25) is 9.59 Å². The number of hydrogen-bond donors (Lipinski definition) is 1. The predicted octanol–water partition coefficient (Wildman–Crippen LogP) is 3.32. The van der Waals surface area contributed by atoms with Crippen LogP contribution in [0.3, 0.4) is 0 Å². The van der Waals surface area contributed by atoms with E-state index in [2.05, 4.69) is 4.98 Å². The lowest BCUT2D eigenvalue weighted by Crippen LogP contribution is -2.41. The van der Waals surface area contributed by atoms with Crippen molar-refractivity contribution in [3.05, 3.63) is 38.7 Å². The fourth-order valence-electron chi connectivity index (χ4n) is 2.14. The van der Waals surface area contributed by atoms with Gasteiger partial charge in [-0.25, -0.2) is 0 Å². The average Bonchev–Trinajstić information content (AvgIpc) is 2.66. The van der Waals surface area contributed by atoms with E-state index in [0.717, 1.165) is 11.8 Å². The Morgan fingerprint density at radius 3 is 2.46 bits per heavy atom. The van der Waals surface area contributed by atoms with E-state index in [1.54, 1.807) is 12.1 Å².